The fraction of sp³-hybridized carbons (Fsp3) is 0.342. The number of likely N-dealkylation sites (tertiary alicyclic amines) is 1. The summed E-state index contributed by atoms with van der Waals surface area (Å²) >= 11 is 0. The first-order chi connectivity index (χ1) is 23.5. The summed E-state index contributed by atoms with van der Waals surface area (Å²) in [5, 5.41) is 5.45. The third-order valence-electron chi connectivity index (χ3n) is 9.03. The van der Waals surface area contributed by atoms with Crippen molar-refractivity contribution in [2.24, 2.45) is 5.73 Å². The van der Waals surface area contributed by atoms with E-state index < -0.39 is 34.9 Å². The lowest BCUT2D eigenvalue weighted by atomic mass is 9.70. The van der Waals surface area contributed by atoms with Crippen LogP contribution in [0.3, 0.4) is 0 Å². The number of benzene rings is 3. The maximum Gasteiger partial charge on any atom is 0.250 e. The van der Waals surface area contributed by atoms with Gasteiger partial charge in [0, 0.05) is 19.3 Å². The van der Waals surface area contributed by atoms with Crippen LogP contribution in [0, 0.1) is 0 Å². The molecule has 1 aliphatic rings. The molecule has 1 aliphatic heterocycles. The zero-order chi connectivity index (χ0) is 35.0. The Kier molecular flexibility index (Phi) is 14.5. The number of imidazole rings is 1. The van der Waals surface area contributed by atoms with Crippen LogP contribution in [0.15, 0.2) is 104 Å². The first kappa shape index (κ1) is 40.9. The molecule has 1 unspecified atom stereocenters. The van der Waals surface area contributed by atoms with E-state index in [0.717, 1.165) is 16.7 Å². The maximum absolute atomic E-state index is 14.2. The highest BCUT2D eigenvalue weighted by Gasteiger charge is 2.42. The standard InChI is InChI=1S/C38H44N6O5.2ClH/c1-27(45)38(30-17-11-6-12-18-30)19-21-43(22-20-38)35(47)33(29-15-9-5-10-16-29)44-23-32(40-26-44)42-34(46)31(41-36(48)37(2,3)39)25-49-24-28-13-7-4-8-14-28;;/h4-18,23,26,31,33H,19-22,24-25,39H2,1-3H3,(H,41,48)(H,42,46);2*1H/t31-,33?;;/m1../s1. The quantitative estimate of drug-likeness (QED) is 0.178. The van der Waals surface area contributed by atoms with E-state index in [2.05, 4.69) is 15.6 Å². The van der Waals surface area contributed by atoms with Gasteiger partial charge in [0.15, 0.2) is 5.82 Å². The van der Waals surface area contributed by atoms with Gasteiger partial charge in [0.25, 0.3) is 5.91 Å². The molecular formula is C38H46Cl2N6O5. The van der Waals surface area contributed by atoms with Crippen molar-refractivity contribution in [2.75, 3.05) is 25.0 Å². The molecule has 0 saturated carbocycles. The zero-order valence-corrected chi connectivity index (χ0v) is 30.6. The van der Waals surface area contributed by atoms with Gasteiger partial charge in [-0.2, -0.15) is 0 Å². The van der Waals surface area contributed by atoms with Crippen molar-refractivity contribution in [3.63, 3.8) is 0 Å². The number of nitrogens with two attached hydrogens (primary N) is 1. The molecule has 3 amide bonds. The fourth-order valence-corrected chi connectivity index (χ4v) is 6.11. The first-order valence-electron chi connectivity index (χ1n) is 16.4. The van der Waals surface area contributed by atoms with Crippen LogP contribution in [0.1, 0.15) is 56.3 Å². The minimum absolute atomic E-state index is 0. The Morgan fingerprint density at radius 2 is 1.47 bits per heavy atom. The summed E-state index contributed by atoms with van der Waals surface area (Å²) in [4.78, 5) is 59.6. The molecule has 0 radical (unpaired) electrons. The molecule has 2 atom stereocenters. The van der Waals surface area contributed by atoms with Crippen LogP contribution in [-0.4, -0.2) is 69.2 Å². The zero-order valence-electron chi connectivity index (χ0n) is 29.0. The number of nitrogens with zero attached hydrogens (tertiary/aromatic N) is 3. The number of ether oxygens (including phenoxy) is 1. The SMILES string of the molecule is CC(=O)C1(c2ccccc2)CCN(C(=O)C(c2ccccc2)n2cnc(NC(=O)[C@@H](COCc3ccccc3)NC(=O)C(C)(C)N)c2)CC1.Cl.Cl. The Balaban J connectivity index is 0.00000351. The number of aromatic nitrogens is 2. The second-order valence-corrected chi connectivity index (χ2v) is 13.1. The van der Waals surface area contributed by atoms with Crippen LogP contribution in [0.2, 0.25) is 0 Å². The van der Waals surface area contributed by atoms with Gasteiger partial charge in [0.2, 0.25) is 11.8 Å². The summed E-state index contributed by atoms with van der Waals surface area (Å²) in [6.45, 7) is 5.70. The van der Waals surface area contributed by atoms with Crippen LogP contribution < -0.4 is 16.4 Å². The molecule has 1 aromatic heterocycles. The molecule has 5 rings (SSSR count). The predicted molar refractivity (Wildman–Crippen MR) is 201 cm³/mol. The van der Waals surface area contributed by atoms with Crippen molar-refractivity contribution in [3.8, 4) is 0 Å². The Morgan fingerprint density at radius 1 is 0.902 bits per heavy atom. The molecule has 0 spiro atoms. The summed E-state index contributed by atoms with van der Waals surface area (Å²) < 4.78 is 7.46. The van der Waals surface area contributed by atoms with Crippen LogP contribution in [0.25, 0.3) is 0 Å². The molecule has 0 aliphatic carbocycles. The van der Waals surface area contributed by atoms with Crippen LogP contribution in [-0.2, 0) is 35.9 Å². The molecular weight excluding hydrogens is 691 g/mol. The van der Waals surface area contributed by atoms with Crippen molar-refractivity contribution in [1.29, 1.82) is 0 Å². The summed E-state index contributed by atoms with van der Waals surface area (Å²) in [6.07, 6.45) is 4.13. The molecule has 1 fully saturated rings. The summed E-state index contributed by atoms with van der Waals surface area (Å²) in [7, 11) is 0. The Morgan fingerprint density at radius 3 is 2.04 bits per heavy atom. The Labute approximate surface area is 311 Å². The highest BCUT2D eigenvalue weighted by Crippen LogP contribution is 2.37. The van der Waals surface area contributed by atoms with E-state index >= 15 is 0 Å². The number of piperidine rings is 1. The number of Topliss-reactive ketones (excluding diaryl/α,β-unsaturated/α-hetero) is 1. The van der Waals surface area contributed by atoms with E-state index in [1.807, 2.05) is 91.0 Å². The molecule has 2 heterocycles. The minimum Gasteiger partial charge on any atom is -0.374 e. The molecule has 51 heavy (non-hydrogen) atoms. The van der Waals surface area contributed by atoms with Gasteiger partial charge in [-0.25, -0.2) is 4.98 Å². The van der Waals surface area contributed by atoms with Crippen molar-refractivity contribution in [1.82, 2.24) is 19.8 Å². The summed E-state index contributed by atoms with van der Waals surface area (Å²) in [5.74, 6) is -0.909. The number of amides is 3. The highest BCUT2D eigenvalue weighted by molar-refractivity contribution is 5.98. The van der Waals surface area contributed by atoms with E-state index in [1.165, 1.54) is 6.33 Å². The van der Waals surface area contributed by atoms with E-state index in [-0.39, 0.29) is 55.5 Å². The van der Waals surface area contributed by atoms with Gasteiger partial charge in [-0.1, -0.05) is 91.0 Å². The average molecular weight is 738 g/mol. The molecule has 272 valence electrons. The number of carbonyl (C=O) groups is 4. The van der Waals surface area contributed by atoms with Gasteiger partial charge in [0.1, 0.15) is 17.9 Å². The van der Waals surface area contributed by atoms with Gasteiger partial charge in [-0.3, -0.25) is 19.2 Å². The van der Waals surface area contributed by atoms with Crippen LogP contribution in [0.5, 0.6) is 0 Å². The lowest BCUT2D eigenvalue weighted by Crippen LogP contribution is -2.56. The van der Waals surface area contributed by atoms with Crippen molar-refractivity contribution in [3.05, 3.63) is 120 Å². The van der Waals surface area contributed by atoms with Gasteiger partial charge in [-0.15, -0.1) is 24.8 Å². The van der Waals surface area contributed by atoms with Gasteiger partial charge in [0.05, 0.1) is 30.5 Å². The molecule has 13 heteroatoms. The first-order valence-corrected chi connectivity index (χ1v) is 16.4. The number of hydrogen-bond acceptors (Lipinski definition) is 7. The fourth-order valence-electron chi connectivity index (χ4n) is 6.11. The van der Waals surface area contributed by atoms with E-state index in [1.54, 1.807) is 36.4 Å². The van der Waals surface area contributed by atoms with E-state index in [9.17, 15) is 19.2 Å². The van der Waals surface area contributed by atoms with E-state index in [0.29, 0.717) is 25.9 Å². The number of nitrogens with one attached hydrogen (secondary N) is 2. The van der Waals surface area contributed by atoms with Gasteiger partial charge >= 0.3 is 0 Å². The summed E-state index contributed by atoms with van der Waals surface area (Å²) in [5.41, 5.74) is 6.77. The number of halogens is 2. The molecule has 4 aromatic rings. The molecule has 4 N–H and O–H groups in total. The largest absolute Gasteiger partial charge is 0.374 e. The average Bonchev–Trinajstić information content (AvgIpc) is 3.56. The van der Waals surface area contributed by atoms with Gasteiger partial charge < -0.3 is 30.6 Å². The third-order valence-corrected chi connectivity index (χ3v) is 9.03. The minimum atomic E-state index is -1.22. The molecule has 0 bridgehead atoms. The molecule has 3 aromatic carbocycles. The summed E-state index contributed by atoms with van der Waals surface area (Å²) in [6, 6.07) is 26.8. The van der Waals surface area contributed by atoms with Crippen molar-refractivity contribution >= 4 is 54.1 Å². The second-order valence-electron chi connectivity index (χ2n) is 13.1. The monoisotopic (exact) mass is 736 g/mol. The number of ketones is 1. The van der Waals surface area contributed by atoms with Crippen molar-refractivity contribution < 1.29 is 23.9 Å². The lowest BCUT2D eigenvalue weighted by Gasteiger charge is -2.41. The van der Waals surface area contributed by atoms with Gasteiger partial charge in [-0.05, 0) is 50.3 Å². The third kappa shape index (κ3) is 10.0. The Bertz CT molecular complexity index is 1740. The second kappa shape index (κ2) is 18.1. The molecule has 1 saturated heterocycles. The predicted octanol–water partition coefficient (Wildman–Crippen LogP) is 4.84. The number of anilines is 1. The van der Waals surface area contributed by atoms with Crippen LogP contribution in [0.4, 0.5) is 5.82 Å². The normalized spacial score (nSPS) is 14.9. The smallest absolute Gasteiger partial charge is 0.250 e. The van der Waals surface area contributed by atoms with Crippen LogP contribution >= 0.6 is 24.8 Å². The van der Waals surface area contributed by atoms with E-state index in [4.69, 9.17) is 10.5 Å². The van der Waals surface area contributed by atoms with Crippen molar-refractivity contribution in [2.45, 2.75) is 63.3 Å². The number of carbonyl (C=O) groups excluding carboxylic acids is 4. The Hall–Kier alpha value is -4.55. The number of rotatable bonds is 13. The number of hydrogen-bond donors (Lipinski definition) is 3. The topological polar surface area (TPSA) is 149 Å². The molecule has 11 nitrogen and oxygen atoms in total. The highest BCUT2D eigenvalue weighted by atomic mass is 35.5. The maximum atomic E-state index is 14.2. The lowest BCUT2D eigenvalue weighted by molar-refractivity contribution is -0.137.